The summed E-state index contributed by atoms with van der Waals surface area (Å²) >= 11 is 1.57. The third-order valence-corrected chi connectivity index (χ3v) is 4.37. The molecule has 3 heterocycles. The van der Waals surface area contributed by atoms with Crippen molar-refractivity contribution >= 4 is 45.9 Å². The maximum Gasteiger partial charge on any atom is 0.187 e. The molecule has 3 aromatic heterocycles. The molecule has 7 heteroatoms. The fraction of sp³-hybridized carbons (Fsp3) is 0.0588. The number of hydrogen-bond donors (Lipinski definition) is 2. The molecule has 1 aromatic carbocycles. The molecule has 0 saturated heterocycles. The van der Waals surface area contributed by atoms with Gasteiger partial charge < -0.3 is 11.1 Å². The van der Waals surface area contributed by atoms with Gasteiger partial charge in [-0.1, -0.05) is 6.07 Å². The van der Waals surface area contributed by atoms with Crippen LogP contribution in [0.2, 0.25) is 0 Å². The van der Waals surface area contributed by atoms with Gasteiger partial charge >= 0.3 is 0 Å². The molecular weight excluding hydrogens is 342 g/mol. The maximum absolute atomic E-state index is 5.71. The van der Waals surface area contributed by atoms with Gasteiger partial charge in [0.15, 0.2) is 5.13 Å². The fourth-order valence-corrected chi connectivity index (χ4v) is 3.27. The summed E-state index contributed by atoms with van der Waals surface area (Å²) in [4.78, 5) is 9.28. The zero-order chi connectivity index (χ0) is 15.8. The number of nitrogens with one attached hydrogen (secondary N) is 1. The van der Waals surface area contributed by atoms with E-state index in [1.807, 2.05) is 61.0 Å². The Kier molecular flexibility index (Phi) is 4.42. The van der Waals surface area contributed by atoms with Crippen molar-refractivity contribution in [1.29, 1.82) is 0 Å². The molecule has 122 valence electrons. The van der Waals surface area contributed by atoms with Crippen LogP contribution >= 0.6 is 23.7 Å². The lowest BCUT2D eigenvalue weighted by atomic mass is 10.3. The molecule has 0 fully saturated rings. The van der Waals surface area contributed by atoms with Gasteiger partial charge in [-0.3, -0.25) is 4.40 Å². The van der Waals surface area contributed by atoms with Gasteiger partial charge in [0.1, 0.15) is 11.3 Å². The van der Waals surface area contributed by atoms with Gasteiger partial charge in [0.2, 0.25) is 0 Å². The minimum absolute atomic E-state index is 0. The molecule has 0 aliphatic carbocycles. The van der Waals surface area contributed by atoms with Crippen molar-refractivity contribution in [2.45, 2.75) is 6.92 Å². The Balaban J connectivity index is 0.00000169. The standard InChI is InChI=1S/C17H15N5S.ClH/c1-11-16(22-9-3-2-4-15(22)19-11)14-10-23-17(21-14)20-13-7-5-12(18)6-8-13;/h2-10H,18H2,1H3,(H,20,21);1H. The van der Waals surface area contributed by atoms with Crippen molar-refractivity contribution < 1.29 is 0 Å². The molecular formula is C17H16ClN5S. The third kappa shape index (κ3) is 2.93. The Morgan fingerprint density at radius 3 is 2.67 bits per heavy atom. The van der Waals surface area contributed by atoms with Crippen molar-refractivity contribution in [2.24, 2.45) is 0 Å². The number of thiazole rings is 1. The van der Waals surface area contributed by atoms with E-state index in [1.165, 1.54) is 0 Å². The van der Waals surface area contributed by atoms with Crippen LogP contribution in [0.5, 0.6) is 0 Å². The van der Waals surface area contributed by atoms with Crippen LogP contribution < -0.4 is 11.1 Å². The first-order valence-electron chi connectivity index (χ1n) is 7.23. The van der Waals surface area contributed by atoms with Crippen molar-refractivity contribution in [2.75, 3.05) is 11.1 Å². The topological polar surface area (TPSA) is 68.2 Å². The number of anilines is 3. The summed E-state index contributed by atoms with van der Waals surface area (Å²) in [5.41, 5.74) is 11.3. The van der Waals surface area contributed by atoms with Crippen LogP contribution in [0.15, 0.2) is 54.0 Å². The largest absolute Gasteiger partial charge is 0.399 e. The number of rotatable bonds is 3. The number of hydrogen-bond acceptors (Lipinski definition) is 5. The lowest BCUT2D eigenvalue weighted by Gasteiger charge is -2.02. The Morgan fingerprint density at radius 1 is 1.08 bits per heavy atom. The lowest BCUT2D eigenvalue weighted by Crippen LogP contribution is -1.92. The van der Waals surface area contributed by atoms with E-state index in [4.69, 9.17) is 10.7 Å². The van der Waals surface area contributed by atoms with Gasteiger partial charge in [0.05, 0.1) is 11.4 Å². The first-order valence-corrected chi connectivity index (χ1v) is 8.11. The summed E-state index contributed by atoms with van der Waals surface area (Å²) in [6, 6.07) is 13.6. The Morgan fingerprint density at radius 2 is 1.88 bits per heavy atom. The number of nitrogens with two attached hydrogens (primary N) is 1. The molecule has 0 spiro atoms. The van der Waals surface area contributed by atoms with Gasteiger partial charge in [0.25, 0.3) is 0 Å². The minimum atomic E-state index is 0. The predicted octanol–water partition coefficient (Wildman–Crippen LogP) is 4.51. The quantitative estimate of drug-likeness (QED) is 0.529. The minimum Gasteiger partial charge on any atom is -0.399 e. The highest BCUT2D eigenvalue weighted by atomic mass is 35.5. The van der Waals surface area contributed by atoms with Gasteiger partial charge in [0, 0.05) is 23.0 Å². The average molecular weight is 358 g/mol. The first-order chi connectivity index (χ1) is 11.2. The van der Waals surface area contributed by atoms with E-state index in [0.717, 1.165) is 39.2 Å². The molecule has 0 unspecified atom stereocenters. The number of fused-ring (bicyclic) bond motifs is 1. The van der Waals surface area contributed by atoms with E-state index in [0.29, 0.717) is 0 Å². The lowest BCUT2D eigenvalue weighted by molar-refractivity contribution is 1.17. The first kappa shape index (κ1) is 16.3. The summed E-state index contributed by atoms with van der Waals surface area (Å²) in [5.74, 6) is 0. The zero-order valence-corrected chi connectivity index (χ0v) is 14.6. The molecule has 3 N–H and O–H groups in total. The number of aryl methyl sites for hydroxylation is 1. The van der Waals surface area contributed by atoms with Crippen LogP contribution in [0, 0.1) is 6.92 Å². The normalized spacial score (nSPS) is 10.5. The van der Waals surface area contributed by atoms with Crippen molar-refractivity contribution in [3.8, 4) is 11.4 Å². The summed E-state index contributed by atoms with van der Waals surface area (Å²) in [6.07, 6.45) is 2.01. The summed E-state index contributed by atoms with van der Waals surface area (Å²) in [6.45, 7) is 2.01. The number of nitrogen functional groups attached to an aromatic ring is 1. The number of halogens is 1. The fourth-order valence-electron chi connectivity index (χ4n) is 2.55. The zero-order valence-electron chi connectivity index (χ0n) is 12.9. The third-order valence-electron chi connectivity index (χ3n) is 3.61. The SMILES string of the molecule is Cc1nc2ccccn2c1-c1csc(Nc2ccc(N)cc2)n1.Cl. The molecule has 24 heavy (non-hydrogen) atoms. The highest BCUT2D eigenvalue weighted by Crippen LogP contribution is 2.29. The van der Waals surface area contributed by atoms with E-state index in [1.54, 1.807) is 11.3 Å². The van der Waals surface area contributed by atoms with Crippen molar-refractivity contribution in [3.05, 3.63) is 59.7 Å². The van der Waals surface area contributed by atoms with E-state index < -0.39 is 0 Å². The number of benzene rings is 1. The highest BCUT2D eigenvalue weighted by Gasteiger charge is 2.13. The smallest absolute Gasteiger partial charge is 0.187 e. The predicted molar refractivity (Wildman–Crippen MR) is 102 cm³/mol. The number of nitrogens with zero attached hydrogens (tertiary/aromatic N) is 3. The van der Waals surface area contributed by atoms with Crippen LogP contribution in [0.25, 0.3) is 17.0 Å². The molecule has 0 amide bonds. The molecule has 5 nitrogen and oxygen atoms in total. The average Bonchev–Trinajstić information content (AvgIpc) is 3.12. The second-order valence-electron chi connectivity index (χ2n) is 5.26. The second kappa shape index (κ2) is 6.51. The summed E-state index contributed by atoms with van der Waals surface area (Å²) in [5, 5.41) is 6.19. The number of imidazole rings is 1. The molecule has 0 bridgehead atoms. The van der Waals surface area contributed by atoms with E-state index in [9.17, 15) is 0 Å². The molecule has 0 saturated carbocycles. The van der Waals surface area contributed by atoms with Crippen LogP contribution in [-0.4, -0.2) is 14.4 Å². The van der Waals surface area contributed by atoms with Crippen molar-refractivity contribution in [1.82, 2.24) is 14.4 Å². The Labute approximate surface area is 149 Å². The van der Waals surface area contributed by atoms with E-state index in [-0.39, 0.29) is 12.4 Å². The van der Waals surface area contributed by atoms with Crippen LogP contribution in [-0.2, 0) is 0 Å². The second-order valence-corrected chi connectivity index (χ2v) is 6.12. The van der Waals surface area contributed by atoms with Gasteiger partial charge in [-0.15, -0.1) is 23.7 Å². The summed E-state index contributed by atoms with van der Waals surface area (Å²) in [7, 11) is 0. The van der Waals surface area contributed by atoms with Crippen LogP contribution in [0.4, 0.5) is 16.5 Å². The highest BCUT2D eigenvalue weighted by molar-refractivity contribution is 7.14. The van der Waals surface area contributed by atoms with Gasteiger partial charge in [-0.2, -0.15) is 0 Å². The molecule has 4 aromatic rings. The van der Waals surface area contributed by atoms with Gasteiger partial charge in [-0.05, 0) is 43.3 Å². The van der Waals surface area contributed by atoms with Crippen LogP contribution in [0.1, 0.15) is 5.69 Å². The molecule has 0 aliphatic rings. The van der Waals surface area contributed by atoms with Crippen LogP contribution in [0.3, 0.4) is 0 Å². The molecule has 0 atom stereocenters. The van der Waals surface area contributed by atoms with Gasteiger partial charge in [-0.25, -0.2) is 9.97 Å². The Bertz CT molecular complexity index is 974. The maximum atomic E-state index is 5.71. The monoisotopic (exact) mass is 357 g/mol. The Hall–Kier alpha value is -2.57. The molecule has 0 aliphatic heterocycles. The number of pyridine rings is 1. The number of aromatic nitrogens is 3. The van der Waals surface area contributed by atoms with Crippen molar-refractivity contribution in [3.63, 3.8) is 0 Å². The summed E-state index contributed by atoms with van der Waals surface area (Å²) < 4.78 is 2.07. The molecule has 4 rings (SSSR count). The van der Waals surface area contributed by atoms with E-state index >= 15 is 0 Å². The van der Waals surface area contributed by atoms with E-state index in [2.05, 4.69) is 14.7 Å². The molecule has 0 radical (unpaired) electrons.